The largest absolute Gasteiger partial charge is 0.383 e. The van der Waals surface area contributed by atoms with Gasteiger partial charge in [0.25, 0.3) is 0 Å². The SMILES string of the molecule is Cc1nnc(Nc2cnc(C#N)cn2)cc1NCCCN(C)C. The van der Waals surface area contributed by atoms with E-state index < -0.39 is 0 Å². The second-order valence-electron chi connectivity index (χ2n) is 5.34. The molecule has 8 heteroatoms. The van der Waals surface area contributed by atoms with Crippen molar-refractivity contribution in [3.63, 3.8) is 0 Å². The first-order chi connectivity index (χ1) is 11.1. The summed E-state index contributed by atoms with van der Waals surface area (Å²) in [6, 6.07) is 3.82. The number of aromatic nitrogens is 4. The van der Waals surface area contributed by atoms with Crippen LogP contribution in [0, 0.1) is 18.3 Å². The van der Waals surface area contributed by atoms with Crippen LogP contribution in [0.4, 0.5) is 17.3 Å². The van der Waals surface area contributed by atoms with Gasteiger partial charge in [0.15, 0.2) is 11.5 Å². The smallest absolute Gasteiger partial charge is 0.158 e. The van der Waals surface area contributed by atoms with Crippen LogP contribution < -0.4 is 10.6 Å². The third kappa shape index (κ3) is 5.16. The minimum Gasteiger partial charge on any atom is -0.383 e. The molecule has 0 fully saturated rings. The molecule has 0 saturated heterocycles. The molecule has 0 spiro atoms. The molecule has 0 unspecified atom stereocenters. The summed E-state index contributed by atoms with van der Waals surface area (Å²) in [5.74, 6) is 1.09. The van der Waals surface area contributed by atoms with Gasteiger partial charge in [-0.25, -0.2) is 9.97 Å². The van der Waals surface area contributed by atoms with Crippen molar-refractivity contribution in [1.82, 2.24) is 25.1 Å². The zero-order valence-electron chi connectivity index (χ0n) is 13.5. The maximum Gasteiger partial charge on any atom is 0.158 e. The van der Waals surface area contributed by atoms with Crippen LogP contribution in [0.25, 0.3) is 0 Å². The molecule has 2 N–H and O–H groups in total. The Morgan fingerprint density at radius 2 is 2.00 bits per heavy atom. The Balaban J connectivity index is 1.99. The molecule has 23 heavy (non-hydrogen) atoms. The number of nitrogens with zero attached hydrogens (tertiary/aromatic N) is 6. The molecule has 0 aliphatic rings. The summed E-state index contributed by atoms with van der Waals surface area (Å²) in [6.07, 6.45) is 3.94. The van der Waals surface area contributed by atoms with Crippen LogP contribution in [0.3, 0.4) is 0 Å². The second-order valence-corrected chi connectivity index (χ2v) is 5.34. The summed E-state index contributed by atoms with van der Waals surface area (Å²) in [5.41, 5.74) is 2.04. The predicted octanol–water partition coefficient (Wildman–Crippen LogP) is 1.55. The number of hydrogen-bond acceptors (Lipinski definition) is 8. The molecule has 2 aromatic rings. The van der Waals surface area contributed by atoms with E-state index in [0.717, 1.165) is 30.9 Å². The van der Waals surface area contributed by atoms with Gasteiger partial charge in [0.2, 0.25) is 0 Å². The van der Waals surface area contributed by atoms with Gasteiger partial charge in [-0.15, -0.1) is 5.10 Å². The summed E-state index contributed by atoms with van der Waals surface area (Å²) in [6.45, 7) is 3.80. The van der Waals surface area contributed by atoms with Gasteiger partial charge in [0, 0.05) is 12.6 Å². The van der Waals surface area contributed by atoms with Crippen LogP contribution in [0.2, 0.25) is 0 Å². The standard InChI is InChI=1S/C15H20N8/c1-11-13(17-5-4-6-23(2)3)7-14(22-21-11)20-15-10-18-12(8-16)9-19-15/h7,9-10H,4-6H2,1-3H3,(H2,17,19,20,22). The number of hydrogen-bond donors (Lipinski definition) is 2. The van der Waals surface area contributed by atoms with Gasteiger partial charge in [-0.3, -0.25) is 0 Å². The van der Waals surface area contributed by atoms with Crippen LogP contribution in [0.1, 0.15) is 17.8 Å². The summed E-state index contributed by atoms with van der Waals surface area (Å²) in [4.78, 5) is 10.2. The van der Waals surface area contributed by atoms with Crippen LogP contribution in [0.5, 0.6) is 0 Å². The lowest BCUT2D eigenvalue weighted by atomic mass is 10.3. The van der Waals surface area contributed by atoms with E-state index in [-0.39, 0.29) is 5.69 Å². The molecule has 0 atom stereocenters. The summed E-state index contributed by atoms with van der Waals surface area (Å²) in [5, 5.41) is 23.3. The molecular weight excluding hydrogens is 292 g/mol. The zero-order chi connectivity index (χ0) is 16.7. The Bertz CT molecular complexity index is 675. The Labute approximate surface area is 135 Å². The highest BCUT2D eigenvalue weighted by Crippen LogP contribution is 2.18. The Hall–Kier alpha value is -2.79. The van der Waals surface area contributed by atoms with E-state index in [4.69, 9.17) is 5.26 Å². The second kappa shape index (κ2) is 8.00. The van der Waals surface area contributed by atoms with Crippen molar-refractivity contribution in [2.45, 2.75) is 13.3 Å². The molecule has 0 saturated carbocycles. The van der Waals surface area contributed by atoms with Crippen molar-refractivity contribution < 1.29 is 0 Å². The van der Waals surface area contributed by atoms with Crippen molar-refractivity contribution in [1.29, 1.82) is 5.26 Å². The van der Waals surface area contributed by atoms with E-state index in [9.17, 15) is 0 Å². The lowest BCUT2D eigenvalue weighted by molar-refractivity contribution is 0.405. The maximum absolute atomic E-state index is 8.72. The molecule has 2 heterocycles. The van der Waals surface area contributed by atoms with Crippen LogP contribution in [0.15, 0.2) is 18.5 Å². The van der Waals surface area contributed by atoms with E-state index in [1.807, 2.05) is 19.1 Å². The molecule has 120 valence electrons. The quantitative estimate of drug-likeness (QED) is 0.742. The molecule has 0 amide bonds. The topological polar surface area (TPSA) is 103 Å². The minimum atomic E-state index is 0.272. The van der Waals surface area contributed by atoms with Crippen molar-refractivity contribution in [3.8, 4) is 6.07 Å². The lowest BCUT2D eigenvalue weighted by Gasteiger charge is -2.12. The molecular formula is C15H20N8. The number of anilines is 3. The van der Waals surface area contributed by atoms with Gasteiger partial charge in [-0.05, 0) is 34.0 Å². The fourth-order valence-corrected chi connectivity index (χ4v) is 1.89. The van der Waals surface area contributed by atoms with Crippen LogP contribution in [-0.2, 0) is 0 Å². The highest BCUT2D eigenvalue weighted by molar-refractivity contribution is 5.59. The summed E-state index contributed by atoms with van der Waals surface area (Å²) >= 11 is 0. The Morgan fingerprint density at radius 3 is 2.65 bits per heavy atom. The molecule has 8 nitrogen and oxygen atoms in total. The van der Waals surface area contributed by atoms with E-state index in [1.165, 1.54) is 12.4 Å². The first-order valence-corrected chi connectivity index (χ1v) is 7.30. The van der Waals surface area contributed by atoms with Crippen molar-refractivity contribution >= 4 is 17.3 Å². The number of aryl methyl sites for hydroxylation is 1. The molecule has 0 aliphatic carbocycles. The molecule has 0 radical (unpaired) electrons. The lowest BCUT2D eigenvalue weighted by Crippen LogP contribution is -2.16. The predicted molar refractivity (Wildman–Crippen MR) is 88.5 cm³/mol. The first kappa shape index (κ1) is 16.6. The van der Waals surface area contributed by atoms with Gasteiger partial charge in [0.05, 0.1) is 23.8 Å². The van der Waals surface area contributed by atoms with Gasteiger partial charge >= 0.3 is 0 Å². The Morgan fingerprint density at radius 1 is 1.17 bits per heavy atom. The molecule has 2 aromatic heterocycles. The van der Waals surface area contributed by atoms with E-state index in [0.29, 0.717) is 11.6 Å². The monoisotopic (exact) mass is 312 g/mol. The third-order valence-corrected chi connectivity index (χ3v) is 3.10. The van der Waals surface area contributed by atoms with Crippen molar-refractivity contribution in [2.24, 2.45) is 0 Å². The fraction of sp³-hybridized carbons (Fsp3) is 0.400. The van der Waals surface area contributed by atoms with E-state index in [1.54, 1.807) is 0 Å². The number of nitrogens with one attached hydrogen (secondary N) is 2. The van der Waals surface area contributed by atoms with Crippen molar-refractivity contribution in [3.05, 3.63) is 29.8 Å². The minimum absolute atomic E-state index is 0.272. The van der Waals surface area contributed by atoms with Crippen molar-refractivity contribution in [2.75, 3.05) is 37.8 Å². The maximum atomic E-state index is 8.72. The first-order valence-electron chi connectivity index (χ1n) is 7.30. The average Bonchev–Trinajstić information content (AvgIpc) is 2.55. The fourth-order valence-electron chi connectivity index (χ4n) is 1.89. The molecule has 0 bridgehead atoms. The highest BCUT2D eigenvalue weighted by Gasteiger charge is 2.05. The van der Waals surface area contributed by atoms with E-state index in [2.05, 4.69) is 49.8 Å². The van der Waals surface area contributed by atoms with Gasteiger partial charge < -0.3 is 15.5 Å². The molecule has 0 aromatic carbocycles. The molecule has 2 rings (SSSR count). The number of rotatable bonds is 7. The van der Waals surface area contributed by atoms with Crippen LogP contribution >= 0.6 is 0 Å². The average molecular weight is 312 g/mol. The van der Waals surface area contributed by atoms with Gasteiger partial charge in [-0.1, -0.05) is 0 Å². The normalized spacial score (nSPS) is 10.4. The number of nitriles is 1. The third-order valence-electron chi connectivity index (χ3n) is 3.10. The molecule has 0 aliphatic heterocycles. The van der Waals surface area contributed by atoms with Crippen LogP contribution in [-0.4, -0.2) is 52.3 Å². The highest BCUT2D eigenvalue weighted by atomic mass is 15.2. The van der Waals surface area contributed by atoms with Gasteiger partial charge in [-0.2, -0.15) is 10.4 Å². The van der Waals surface area contributed by atoms with Gasteiger partial charge in [0.1, 0.15) is 11.9 Å². The van der Waals surface area contributed by atoms with E-state index >= 15 is 0 Å². The summed E-state index contributed by atoms with van der Waals surface area (Å²) in [7, 11) is 4.11. The Kier molecular flexibility index (Phi) is 5.77. The summed E-state index contributed by atoms with van der Waals surface area (Å²) < 4.78 is 0. The zero-order valence-corrected chi connectivity index (χ0v) is 13.5.